The van der Waals surface area contributed by atoms with Gasteiger partial charge in [-0.3, -0.25) is 0 Å². The largest absolute Gasteiger partial charge is 0.462 e. The standard InChI is InChI=1S/C15H14F6O3/c1-9(2)12(22)24-8-7-10-3-5-11(6-4-10)13(23,14(16,17)18)15(19,20)21/h3-6,23H,1,7-8H2,2H3. The van der Waals surface area contributed by atoms with Crippen molar-refractivity contribution in [2.75, 3.05) is 6.61 Å². The number of carbonyl (C=O) groups is 1. The summed E-state index contributed by atoms with van der Waals surface area (Å²) in [5, 5.41) is 9.23. The summed E-state index contributed by atoms with van der Waals surface area (Å²) >= 11 is 0. The number of carbonyl (C=O) groups excluding carboxylic acids is 1. The number of aliphatic hydroxyl groups is 1. The van der Waals surface area contributed by atoms with Gasteiger partial charge in [0.1, 0.15) is 0 Å². The third-order valence-corrected chi connectivity index (χ3v) is 3.16. The van der Waals surface area contributed by atoms with Gasteiger partial charge in [-0.05, 0) is 12.5 Å². The van der Waals surface area contributed by atoms with Crippen molar-refractivity contribution in [2.45, 2.75) is 31.3 Å². The van der Waals surface area contributed by atoms with Crippen LogP contribution in [0.5, 0.6) is 0 Å². The van der Waals surface area contributed by atoms with Crippen LogP contribution in [0.1, 0.15) is 18.1 Å². The van der Waals surface area contributed by atoms with Crippen LogP contribution in [-0.4, -0.2) is 30.0 Å². The zero-order chi connectivity index (χ0) is 18.8. The highest BCUT2D eigenvalue weighted by Crippen LogP contribution is 2.49. The van der Waals surface area contributed by atoms with E-state index < -0.39 is 29.5 Å². The molecule has 0 aliphatic rings. The number of alkyl halides is 6. The average molecular weight is 356 g/mol. The summed E-state index contributed by atoms with van der Waals surface area (Å²) in [5.74, 6) is -0.657. The lowest BCUT2D eigenvalue weighted by Crippen LogP contribution is -2.53. The van der Waals surface area contributed by atoms with Gasteiger partial charge in [0.25, 0.3) is 5.60 Å². The van der Waals surface area contributed by atoms with Crippen LogP contribution in [0.25, 0.3) is 0 Å². The van der Waals surface area contributed by atoms with Gasteiger partial charge in [-0.1, -0.05) is 30.8 Å². The van der Waals surface area contributed by atoms with E-state index in [0.29, 0.717) is 17.7 Å². The molecule has 0 atom stereocenters. The molecular formula is C15H14F6O3. The van der Waals surface area contributed by atoms with E-state index in [-0.39, 0.29) is 18.6 Å². The smallest absolute Gasteiger partial charge is 0.430 e. The lowest BCUT2D eigenvalue weighted by molar-refractivity contribution is -0.376. The zero-order valence-corrected chi connectivity index (χ0v) is 12.5. The third kappa shape index (κ3) is 4.08. The van der Waals surface area contributed by atoms with Crippen LogP contribution in [0.3, 0.4) is 0 Å². The van der Waals surface area contributed by atoms with Gasteiger partial charge in [-0.15, -0.1) is 0 Å². The SMILES string of the molecule is C=C(C)C(=O)OCCc1ccc(C(O)(C(F)(F)F)C(F)(F)F)cc1. The first-order valence-corrected chi connectivity index (χ1v) is 6.58. The minimum Gasteiger partial charge on any atom is -0.462 e. The van der Waals surface area contributed by atoms with E-state index >= 15 is 0 Å². The first-order valence-electron chi connectivity index (χ1n) is 6.58. The fourth-order valence-electron chi connectivity index (χ4n) is 1.79. The minimum absolute atomic E-state index is 0.0791. The van der Waals surface area contributed by atoms with Crippen molar-refractivity contribution in [1.29, 1.82) is 0 Å². The molecule has 1 N–H and O–H groups in total. The molecule has 0 amide bonds. The first-order chi connectivity index (χ1) is 10.8. The number of esters is 1. The molecule has 0 aromatic heterocycles. The molecule has 0 saturated heterocycles. The van der Waals surface area contributed by atoms with Crippen LogP contribution < -0.4 is 0 Å². The Hall–Kier alpha value is -2.03. The van der Waals surface area contributed by atoms with Crippen LogP contribution >= 0.6 is 0 Å². The third-order valence-electron chi connectivity index (χ3n) is 3.16. The second-order valence-corrected chi connectivity index (χ2v) is 5.07. The molecule has 0 fully saturated rings. The average Bonchev–Trinajstić information content (AvgIpc) is 2.44. The Balaban J connectivity index is 2.93. The zero-order valence-electron chi connectivity index (χ0n) is 12.5. The van der Waals surface area contributed by atoms with Crippen LogP contribution in [-0.2, 0) is 21.6 Å². The fraction of sp³-hybridized carbons (Fsp3) is 0.400. The molecule has 0 aliphatic heterocycles. The normalized spacial score (nSPS) is 12.8. The minimum atomic E-state index is -5.93. The molecule has 134 valence electrons. The summed E-state index contributed by atoms with van der Waals surface area (Å²) in [6, 6.07) is 3.06. The van der Waals surface area contributed by atoms with E-state index in [2.05, 4.69) is 6.58 Å². The number of benzene rings is 1. The molecule has 0 spiro atoms. The summed E-state index contributed by atoms with van der Waals surface area (Å²) in [5.41, 5.74) is -5.80. The molecular weight excluding hydrogens is 342 g/mol. The summed E-state index contributed by atoms with van der Waals surface area (Å²) < 4.78 is 81.1. The van der Waals surface area contributed by atoms with Crippen molar-refractivity contribution in [2.24, 2.45) is 0 Å². The Labute approximate surface area is 133 Å². The number of rotatable bonds is 5. The first kappa shape index (κ1) is 20.0. The monoisotopic (exact) mass is 356 g/mol. The fourth-order valence-corrected chi connectivity index (χ4v) is 1.79. The second-order valence-electron chi connectivity index (χ2n) is 5.07. The maximum Gasteiger partial charge on any atom is 0.430 e. The highest BCUT2D eigenvalue weighted by atomic mass is 19.4. The molecule has 24 heavy (non-hydrogen) atoms. The van der Waals surface area contributed by atoms with Gasteiger partial charge in [0.15, 0.2) is 0 Å². The van der Waals surface area contributed by atoms with Crippen LogP contribution in [0.15, 0.2) is 36.4 Å². The summed E-state index contributed by atoms with van der Waals surface area (Å²) in [7, 11) is 0. The molecule has 0 radical (unpaired) electrons. The molecule has 9 heteroatoms. The quantitative estimate of drug-likeness (QED) is 0.498. The van der Waals surface area contributed by atoms with Gasteiger partial charge >= 0.3 is 18.3 Å². The van der Waals surface area contributed by atoms with Gasteiger partial charge in [0, 0.05) is 17.6 Å². The van der Waals surface area contributed by atoms with E-state index in [0.717, 1.165) is 12.1 Å². The lowest BCUT2D eigenvalue weighted by atomic mass is 9.91. The lowest BCUT2D eigenvalue weighted by Gasteiger charge is -2.32. The highest BCUT2D eigenvalue weighted by Gasteiger charge is 2.71. The van der Waals surface area contributed by atoms with Crippen molar-refractivity contribution >= 4 is 5.97 Å². The maximum atomic E-state index is 12.7. The molecule has 1 aromatic rings. The summed E-state index contributed by atoms with van der Waals surface area (Å²) in [6.07, 6.45) is -11.8. The molecule has 0 aliphatic carbocycles. The van der Waals surface area contributed by atoms with Gasteiger partial charge in [0.05, 0.1) is 6.61 Å². The Morgan fingerprint density at radius 3 is 1.92 bits per heavy atom. The van der Waals surface area contributed by atoms with Crippen molar-refractivity contribution < 1.29 is 41.0 Å². The number of hydrogen-bond donors (Lipinski definition) is 1. The molecule has 0 unspecified atom stereocenters. The Morgan fingerprint density at radius 2 is 1.54 bits per heavy atom. The van der Waals surface area contributed by atoms with Crippen molar-refractivity contribution in [1.82, 2.24) is 0 Å². The molecule has 0 heterocycles. The van der Waals surface area contributed by atoms with Gasteiger partial charge in [-0.25, -0.2) is 4.79 Å². The number of ether oxygens (including phenoxy) is 1. The van der Waals surface area contributed by atoms with Gasteiger partial charge < -0.3 is 9.84 Å². The topological polar surface area (TPSA) is 46.5 Å². The van der Waals surface area contributed by atoms with E-state index in [9.17, 15) is 36.2 Å². The number of halogens is 6. The highest BCUT2D eigenvalue weighted by molar-refractivity contribution is 5.86. The summed E-state index contributed by atoms with van der Waals surface area (Å²) in [6.45, 7) is 4.66. The van der Waals surface area contributed by atoms with Gasteiger partial charge in [0.2, 0.25) is 0 Å². The Kier molecular flexibility index (Phi) is 5.70. The molecule has 1 aromatic carbocycles. The molecule has 0 saturated carbocycles. The number of hydrogen-bond acceptors (Lipinski definition) is 3. The maximum absolute atomic E-state index is 12.7. The molecule has 3 nitrogen and oxygen atoms in total. The Morgan fingerprint density at radius 1 is 1.08 bits per heavy atom. The van der Waals surface area contributed by atoms with Crippen molar-refractivity contribution in [3.63, 3.8) is 0 Å². The predicted octanol–water partition coefficient (Wildman–Crippen LogP) is 3.66. The summed E-state index contributed by atoms with van der Waals surface area (Å²) in [4.78, 5) is 11.1. The van der Waals surface area contributed by atoms with E-state index in [1.165, 1.54) is 6.92 Å². The van der Waals surface area contributed by atoms with Crippen molar-refractivity contribution in [3.05, 3.63) is 47.5 Å². The molecule has 0 bridgehead atoms. The predicted molar refractivity (Wildman–Crippen MR) is 71.9 cm³/mol. The van der Waals surface area contributed by atoms with Gasteiger partial charge in [-0.2, -0.15) is 26.3 Å². The second kappa shape index (κ2) is 6.84. The van der Waals surface area contributed by atoms with Crippen LogP contribution in [0, 0.1) is 0 Å². The molecule has 1 rings (SSSR count). The van der Waals surface area contributed by atoms with E-state index in [1.54, 1.807) is 0 Å². The van der Waals surface area contributed by atoms with E-state index in [4.69, 9.17) is 4.74 Å². The van der Waals surface area contributed by atoms with Crippen molar-refractivity contribution in [3.8, 4) is 0 Å². The van der Waals surface area contributed by atoms with Crippen LogP contribution in [0.2, 0.25) is 0 Å². The Bertz CT molecular complexity index is 587. The van der Waals surface area contributed by atoms with E-state index in [1.807, 2.05) is 0 Å². The van der Waals surface area contributed by atoms with Crippen LogP contribution in [0.4, 0.5) is 26.3 Å².